The Morgan fingerprint density at radius 2 is 2.05 bits per heavy atom. The van der Waals surface area contributed by atoms with Crippen molar-refractivity contribution < 1.29 is 4.74 Å². The molecule has 0 fully saturated rings. The first kappa shape index (κ1) is 14.9. The second-order valence-electron chi connectivity index (χ2n) is 5.42. The number of rotatable bonds is 4. The molecule has 0 radical (unpaired) electrons. The number of benzene rings is 1. The molecule has 1 aliphatic rings. The molecule has 1 aromatic heterocycles. The van der Waals surface area contributed by atoms with Gasteiger partial charge in [0, 0.05) is 9.75 Å². The third kappa shape index (κ3) is 2.96. The molecule has 0 spiro atoms. The van der Waals surface area contributed by atoms with E-state index in [4.69, 9.17) is 16.3 Å². The fourth-order valence-corrected chi connectivity index (χ4v) is 4.58. The van der Waals surface area contributed by atoms with E-state index in [2.05, 4.69) is 17.4 Å². The summed E-state index contributed by atoms with van der Waals surface area (Å²) in [5, 5.41) is 4.08. The largest absolute Gasteiger partial charge is 0.495 e. The number of aryl methyl sites for hydroxylation is 2. The molecule has 0 saturated heterocycles. The van der Waals surface area contributed by atoms with Crippen molar-refractivity contribution in [2.45, 2.75) is 31.7 Å². The lowest BCUT2D eigenvalue weighted by atomic mass is 9.98. The third-order valence-corrected chi connectivity index (χ3v) is 5.71. The molecule has 3 rings (SSSR count). The number of methoxy groups -OCH3 is 1. The first-order valence-electron chi connectivity index (χ1n) is 7.35. The predicted octanol–water partition coefficient (Wildman–Crippen LogP) is 4.60. The second-order valence-corrected chi connectivity index (χ2v) is 7.00. The van der Waals surface area contributed by atoms with Gasteiger partial charge in [0.2, 0.25) is 0 Å². The van der Waals surface area contributed by atoms with Crippen LogP contribution in [-0.2, 0) is 12.8 Å². The van der Waals surface area contributed by atoms with Crippen molar-refractivity contribution in [2.24, 2.45) is 0 Å². The number of nitrogens with one attached hydrogen (secondary N) is 1. The Kier molecular flexibility index (Phi) is 4.53. The first-order valence-corrected chi connectivity index (χ1v) is 8.54. The van der Waals surface area contributed by atoms with Crippen LogP contribution >= 0.6 is 22.9 Å². The molecule has 2 aromatic rings. The maximum Gasteiger partial charge on any atom is 0.137 e. The summed E-state index contributed by atoms with van der Waals surface area (Å²) < 4.78 is 5.34. The Morgan fingerprint density at radius 3 is 2.76 bits per heavy atom. The average Bonchev–Trinajstić information content (AvgIpc) is 2.93. The van der Waals surface area contributed by atoms with E-state index in [1.165, 1.54) is 36.1 Å². The second kappa shape index (κ2) is 6.39. The minimum atomic E-state index is 0.201. The monoisotopic (exact) mass is 321 g/mol. The van der Waals surface area contributed by atoms with Crippen molar-refractivity contribution in [3.63, 3.8) is 0 Å². The Morgan fingerprint density at radius 1 is 1.24 bits per heavy atom. The van der Waals surface area contributed by atoms with Crippen LogP contribution in [0.5, 0.6) is 5.75 Å². The number of thiophene rings is 1. The molecule has 1 unspecified atom stereocenters. The van der Waals surface area contributed by atoms with E-state index in [1.54, 1.807) is 17.6 Å². The minimum Gasteiger partial charge on any atom is -0.495 e. The molecule has 4 heteroatoms. The van der Waals surface area contributed by atoms with Gasteiger partial charge in [0.1, 0.15) is 5.75 Å². The van der Waals surface area contributed by atoms with Gasteiger partial charge in [0.05, 0.1) is 18.2 Å². The summed E-state index contributed by atoms with van der Waals surface area (Å²) in [6.45, 7) is 0. The van der Waals surface area contributed by atoms with Crippen LogP contribution in [-0.4, -0.2) is 14.2 Å². The number of hydrogen-bond donors (Lipinski definition) is 1. The maximum atomic E-state index is 6.13. The fourth-order valence-electron chi connectivity index (χ4n) is 2.99. The minimum absolute atomic E-state index is 0.201. The summed E-state index contributed by atoms with van der Waals surface area (Å²) in [6.07, 6.45) is 5.11. The van der Waals surface area contributed by atoms with Crippen LogP contribution in [0.4, 0.5) is 0 Å². The Labute approximate surface area is 135 Å². The van der Waals surface area contributed by atoms with Crippen molar-refractivity contribution in [3.8, 4) is 5.75 Å². The van der Waals surface area contributed by atoms with E-state index in [1.807, 2.05) is 30.5 Å². The molecule has 1 aromatic carbocycles. The van der Waals surface area contributed by atoms with Gasteiger partial charge in [-0.25, -0.2) is 0 Å². The SMILES string of the molecule is CNC(c1ccc(Cl)c(OC)c1)c1cc2c(s1)CCCC2. The van der Waals surface area contributed by atoms with Crippen molar-refractivity contribution in [1.29, 1.82) is 0 Å². The number of halogens is 1. The summed E-state index contributed by atoms with van der Waals surface area (Å²) in [5.41, 5.74) is 2.74. The summed E-state index contributed by atoms with van der Waals surface area (Å²) >= 11 is 8.07. The van der Waals surface area contributed by atoms with Crippen LogP contribution in [0, 0.1) is 0 Å². The van der Waals surface area contributed by atoms with Gasteiger partial charge in [0.15, 0.2) is 0 Å². The third-order valence-electron chi connectivity index (χ3n) is 4.10. The van der Waals surface area contributed by atoms with Gasteiger partial charge in [-0.2, -0.15) is 0 Å². The molecule has 21 heavy (non-hydrogen) atoms. The summed E-state index contributed by atoms with van der Waals surface area (Å²) in [4.78, 5) is 2.95. The molecular formula is C17H20ClNOS. The fraction of sp³-hybridized carbons (Fsp3) is 0.412. The van der Waals surface area contributed by atoms with Gasteiger partial charge >= 0.3 is 0 Å². The Bertz CT molecular complexity index is 614. The Hall–Kier alpha value is -1.03. The van der Waals surface area contributed by atoms with Gasteiger partial charge in [0.25, 0.3) is 0 Å². The zero-order valence-corrected chi connectivity index (χ0v) is 14.0. The van der Waals surface area contributed by atoms with Crippen molar-refractivity contribution in [2.75, 3.05) is 14.2 Å². The van der Waals surface area contributed by atoms with Crippen LogP contribution in [0.3, 0.4) is 0 Å². The molecule has 2 nitrogen and oxygen atoms in total. The molecule has 0 aliphatic heterocycles. The molecule has 1 aliphatic carbocycles. The predicted molar refractivity (Wildman–Crippen MR) is 89.9 cm³/mol. The summed E-state index contributed by atoms with van der Waals surface area (Å²) in [7, 11) is 3.66. The van der Waals surface area contributed by atoms with Crippen LogP contribution in [0.25, 0.3) is 0 Å². The van der Waals surface area contributed by atoms with Gasteiger partial charge in [-0.3, -0.25) is 0 Å². The summed E-state index contributed by atoms with van der Waals surface area (Å²) in [5.74, 6) is 0.732. The standard InChI is InChI=1S/C17H20ClNOS/c1-19-17(12-7-8-13(18)14(9-12)20-2)16-10-11-5-3-4-6-15(11)21-16/h7-10,17,19H,3-6H2,1-2H3. The van der Waals surface area contributed by atoms with E-state index in [0.717, 1.165) is 5.75 Å². The zero-order chi connectivity index (χ0) is 14.8. The molecule has 0 saturated carbocycles. The highest BCUT2D eigenvalue weighted by Gasteiger charge is 2.20. The van der Waals surface area contributed by atoms with Crippen LogP contribution in [0.15, 0.2) is 24.3 Å². The molecule has 0 bridgehead atoms. The lowest BCUT2D eigenvalue weighted by Gasteiger charge is -2.16. The quantitative estimate of drug-likeness (QED) is 0.888. The highest BCUT2D eigenvalue weighted by atomic mass is 35.5. The van der Waals surface area contributed by atoms with Gasteiger partial charge in [-0.1, -0.05) is 17.7 Å². The number of fused-ring (bicyclic) bond motifs is 1. The smallest absolute Gasteiger partial charge is 0.137 e. The maximum absolute atomic E-state index is 6.13. The van der Waals surface area contributed by atoms with E-state index in [9.17, 15) is 0 Å². The van der Waals surface area contributed by atoms with Crippen molar-refractivity contribution in [1.82, 2.24) is 5.32 Å². The van der Waals surface area contributed by atoms with Gasteiger partial charge in [-0.05, 0) is 62.1 Å². The molecular weight excluding hydrogens is 302 g/mol. The normalized spacial score (nSPS) is 15.6. The molecule has 112 valence electrons. The van der Waals surface area contributed by atoms with Gasteiger partial charge in [-0.15, -0.1) is 11.3 Å². The molecule has 0 amide bonds. The average molecular weight is 322 g/mol. The highest BCUT2D eigenvalue weighted by molar-refractivity contribution is 7.12. The van der Waals surface area contributed by atoms with Crippen molar-refractivity contribution in [3.05, 3.63) is 50.2 Å². The number of hydrogen-bond acceptors (Lipinski definition) is 3. The molecule has 1 N–H and O–H groups in total. The zero-order valence-electron chi connectivity index (χ0n) is 12.4. The van der Waals surface area contributed by atoms with E-state index < -0.39 is 0 Å². The van der Waals surface area contributed by atoms with E-state index in [0.29, 0.717) is 5.02 Å². The van der Waals surface area contributed by atoms with Crippen LogP contribution in [0.2, 0.25) is 5.02 Å². The molecule has 1 heterocycles. The lowest BCUT2D eigenvalue weighted by molar-refractivity contribution is 0.414. The Balaban J connectivity index is 1.96. The first-order chi connectivity index (χ1) is 10.2. The molecule has 1 atom stereocenters. The van der Waals surface area contributed by atoms with E-state index >= 15 is 0 Å². The van der Waals surface area contributed by atoms with Crippen LogP contribution < -0.4 is 10.1 Å². The van der Waals surface area contributed by atoms with Crippen LogP contribution in [0.1, 0.15) is 39.8 Å². The van der Waals surface area contributed by atoms with Crippen molar-refractivity contribution >= 4 is 22.9 Å². The topological polar surface area (TPSA) is 21.3 Å². The van der Waals surface area contributed by atoms with Gasteiger partial charge < -0.3 is 10.1 Å². The highest BCUT2D eigenvalue weighted by Crippen LogP contribution is 2.37. The van der Waals surface area contributed by atoms with E-state index in [-0.39, 0.29) is 6.04 Å². The number of ether oxygens (including phenoxy) is 1. The summed E-state index contributed by atoms with van der Waals surface area (Å²) in [6, 6.07) is 8.59. The lowest BCUT2D eigenvalue weighted by Crippen LogP contribution is -2.16.